The van der Waals surface area contributed by atoms with Crippen LogP contribution in [-0.4, -0.2) is 43.7 Å². The van der Waals surface area contributed by atoms with Gasteiger partial charge in [-0.25, -0.2) is 13.2 Å². The number of benzene rings is 2. The number of carbonyl (C=O) groups excluding carboxylic acids is 1. The number of nitrogens with one attached hydrogen (secondary N) is 1. The minimum absolute atomic E-state index is 0.221. The Morgan fingerprint density at radius 2 is 1.84 bits per heavy atom. The van der Waals surface area contributed by atoms with E-state index >= 15 is 0 Å². The van der Waals surface area contributed by atoms with Crippen LogP contribution < -0.4 is 4.89 Å². The molecule has 2 atom stereocenters. The minimum Gasteiger partial charge on any atom is -0.462 e. The maximum absolute atomic E-state index is 12.4. The zero-order valence-corrected chi connectivity index (χ0v) is 18.2. The Morgan fingerprint density at radius 3 is 2.34 bits per heavy atom. The average molecular weight is 464 g/mol. The van der Waals surface area contributed by atoms with Gasteiger partial charge < -0.3 is 9.84 Å². The van der Waals surface area contributed by atoms with Gasteiger partial charge in [0.2, 0.25) is 0 Å². The third-order valence-corrected chi connectivity index (χ3v) is 5.75. The Hall–Kier alpha value is -3.12. The highest BCUT2D eigenvalue weighted by molar-refractivity contribution is 7.89. The van der Waals surface area contributed by atoms with Gasteiger partial charge >= 0.3 is 5.97 Å². The third-order valence-electron chi connectivity index (χ3n) is 4.55. The number of nitro benzene ring substituents is 1. The second kappa shape index (κ2) is 11.5. The van der Waals surface area contributed by atoms with Gasteiger partial charge in [0, 0.05) is 24.7 Å². The summed E-state index contributed by atoms with van der Waals surface area (Å²) in [5.41, 5.74) is 0.928. The van der Waals surface area contributed by atoms with E-state index < -0.39 is 32.9 Å². The molecule has 2 aromatic rings. The van der Waals surface area contributed by atoms with Gasteiger partial charge in [-0.3, -0.25) is 15.0 Å². The first-order valence-corrected chi connectivity index (χ1v) is 11.1. The zero-order valence-electron chi connectivity index (χ0n) is 17.3. The molecule has 0 saturated carbocycles. The lowest BCUT2D eigenvalue weighted by Gasteiger charge is -2.23. The average Bonchev–Trinajstić information content (AvgIpc) is 2.79. The molecule has 11 heteroatoms. The fourth-order valence-corrected chi connectivity index (χ4v) is 3.66. The van der Waals surface area contributed by atoms with Crippen molar-refractivity contribution in [3.8, 4) is 0 Å². The first kappa shape index (κ1) is 25.1. The van der Waals surface area contributed by atoms with E-state index in [1.54, 1.807) is 31.2 Å². The molecule has 0 radical (unpaired) electrons. The van der Waals surface area contributed by atoms with Crippen LogP contribution in [0.5, 0.6) is 0 Å². The predicted octanol–water partition coefficient (Wildman–Crippen LogP) is 2.39. The van der Waals surface area contributed by atoms with Gasteiger partial charge in [0.15, 0.2) is 0 Å². The first-order valence-electron chi connectivity index (χ1n) is 9.63. The number of hydrogen-bond acceptors (Lipinski definition) is 8. The number of esters is 1. The van der Waals surface area contributed by atoms with Crippen molar-refractivity contribution >= 4 is 21.7 Å². The van der Waals surface area contributed by atoms with E-state index in [1.807, 2.05) is 4.89 Å². The SMILES string of the molecule is C=C[C@H](ONS(=O)(=O)c1ccc([N+](=O)[O-])cc1)[C@H](CO)Cc1ccc(C(=O)OCC)cc1. The van der Waals surface area contributed by atoms with E-state index in [-0.39, 0.29) is 23.8 Å². The number of aliphatic hydroxyl groups is 1. The maximum Gasteiger partial charge on any atom is 0.338 e. The lowest BCUT2D eigenvalue weighted by Crippen LogP contribution is -2.35. The summed E-state index contributed by atoms with van der Waals surface area (Å²) in [5, 5.41) is 20.5. The van der Waals surface area contributed by atoms with Crippen LogP contribution in [0.3, 0.4) is 0 Å². The van der Waals surface area contributed by atoms with Crippen molar-refractivity contribution in [3.05, 3.63) is 82.4 Å². The van der Waals surface area contributed by atoms with Crippen LogP contribution in [0, 0.1) is 16.0 Å². The van der Waals surface area contributed by atoms with Crippen molar-refractivity contribution < 1.29 is 32.8 Å². The minimum atomic E-state index is -4.12. The van der Waals surface area contributed by atoms with Gasteiger partial charge in [-0.1, -0.05) is 23.1 Å². The summed E-state index contributed by atoms with van der Waals surface area (Å²) < 4.78 is 29.8. The molecule has 10 nitrogen and oxygen atoms in total. The molecular formula is C21H24N2O8S. The summed E-state index contributed by atoms with van der Waals surface area (Å²) >= 11 is 0. The second-order valence-electron chi connectivity index (χ2n) is 6.72. The fraction of sp³-hybridized carbons (Fsp3) is 0.286. The summed E-state index contributed by atoms with van der Waals surface area (Å²) in [5.74, 6) is -0.980. The van der Waals surface area contributed by atoms with E-state index in [0.717, 1.165) is 29.8 Å². The van der Waals surface area contributed by atoms with Gasteiger partial charge in [-0.15, -0.1) is 6.58 Å². The molecule has 0 spiro atoms. The molecule has 0 aliphatic heterocycles. The number of aliphatic hydroxyl groups excluding tert-OH is 1. The summed E-state index contributed by atoms with van der Waals surface area (Å²) in [4.78, 5) is 28.9. The fourth-order valence-electron chi connectivity index (χ4n) is 2.83. The van der Waals surface area contributed by atoms with Gasteiger partial charge in [0.25, 0.3) is 15.7 Å². The lowest BCUT2D eigenvalue weighted by molar-refractivity contribution is -0.384. The smallest absolute Gasteiger partial charge is 0.338 e. The molecule has 0 heterocycles. The Morgan fingerprint density at radius 1 is 1.22 bits per heavy atom. The third kappa shape index (κ3) is 6.69. The number of carbonyl (C=O) groups is 1. The van der Waals surface area contributed by atoms with Gasteiger partial charge in [-0.2, -0.15) is 0 Å². The van der Waals surface area contributed by atoms with Gasteiger partial charge in [0.05, 0.1) is 22.0 Å². The van der Waals surface area contributed by atoms with Crippen LogP contribution in [0.25, 0.3) is 0 Å². The van der Waals surface area contributed by atoms with Crippen molar-refractivity contribution in [2.24, 2.45) is 5.92 Å². The van der Waals surface area contributed by atoms with Crippen LogP contribution in [0.2, 0.25) is 0 Å². The van der Waals surface area contributed by atoms with Crippen LogP contribution in [0.15, 0.2) is 66.1 Å². The molecule has 2 rings (SSSR count). The van der Waals surface area contributed by atoms with Crippen LogP contribution >= 0.6 is 0 Å². The Kier molecular flexibility index (Phi) is 9.02. The number of nitrogens with zero attached hydrogens (tertiary/aromatic N) is 1. The molecule has 172 valence electrons. The molecular weight excluding hydrogens is 440 g/mol. The number of rotatable bonds is 12. The second-order valence-corrected chi connectivity index (χ2v) is 8.37. The van der Waals surface area contributed by atoms with Crippen molar-refractivity contribution in [1.29, 1.82) is 0 Å². The van der Waals surface area contributed by atoms with Crippen molar-refractivity contribution in [1.82, 2.24) is 4.89 Å². The maximum atomic E-state index is 12.4. The van der Waals surface area contributed by atoms with E-state index in [9.17, 15) is 28.4 Å². The quantitative estimate of drug-likeness (QED) is 0.211. The molecule has 32 heavy (non-hydrogen) atoms. The molecule has 0 fully saturated rings. The van der Waals surface area contributed by atoms with E-state index in [4.69, 9.17) is 9.57 Å². The highest BCUT2D eigenvalue weighted by Crippen LogP contribution is 2.19. The monoisotopic (exact) mass is 464 g/mol. The van der Waals surface area contributed by atoms with E-state index in [2.05, 4.69) is 6.58 Å². The van der Waals surface area contributed by atoms with Crippen LogP contribution in [-0.2, 0) is 26.0 Å². The van der Waals surface area contributed by atoms with Gasteiger partial charge in [0.1, 0.15) is 6.10 Å². The molecule has 2 aromatic carbocycles. The largest absolute Gasteiger partial charge is 0.462 e. The molecule has 0 aliphatic carbocycles. The Bertz CT molecular complexity index is 1040. The van der Waals surface area contributed by atoms with Crippen molar-refractivity contribution in [3.63, 3.8) is 0 Å². The number of hydrogen-bond donors (Lipinski definition) is 2. The molecule has 0 unspecified atom stereocenters. The number of nitro groups is 1. The Balaban J connectivity index is 2.05. The molecule has 0 aliphatic rings. The first-order chi connectivity index (χ1) is 15.2. The standard InChI is InChI=1S/C21H24N2O8S/c1-3-20(31-22-32(28,29)19-11-9-18(10-12-19)23(26)27)17(14-24)13-15-5-7-16(8-6-15)21(25)30-4-2/h3,5-12,17,20,22,24H,1,4,13-14H2,2H3/t17-,20-/m0/s1. The highest BCUT2D eigenvalue weighted by atomic mass is 32.2. The molecule has 0 saturated heterocycles. The Labute approximate surface area is 185 Å². The number of non-ortho nitro benzene ring substituents is 1. The van der Waals surface area contributed by atoms with Crippen LogP contribution in [0.4, 0.5) is 5.69 Å². The molecule has 2 N–H and O–H groups in total. The van der Waals surface area contributed by atoms with Gasteiger partial charge in [-0.05, 0) is 43.2 Å². The van der Waals surface area contributed by atoms with Crippen molar-refractivity contribution in [2.45, 2.75) is 24.3 Å². The number of sulfonamides is 1. The lowest BCUT2D eigenvalue weighted by atomic mass is 9.94. The summed E-state index contributed by atoms with van der Waals surface area (Å²) in [6, 6.07) is 10.9. The van der Waals surface area contributed by atoms with Crippen molar-refractivity contribution in [2.75, 3.05) is 13.2 Å². The highest BCUT2D eigenvalue weighted by Gasteiger charge is 2.24. The zero-order chi connectivity index (χ0) is 23.7. The van der Waals surface area contributed by atoms with E-state index in [1.165, 1.54) is 6.08 Å². The summed E-state index contributed by atoms with van der Waals surface area (Å²) in [7, 11) is -4.12. The molecule has 0 aromatic heterocycles. The summed E-state index contributed by atoms with van der Waals surface area (Å²) in [6.07, 6.45) is 0.791. The molecule has 0 bridgehead atoms. The normalized spacial score (nSPS) is 13.2. The molecule has 0 amide bonds. The summed E-state index contributed by atoms with van der Waals surface area (Å²) in [6.45, 7) is 5.28. The van der Waals surface area contributed by atoms with E-state index in [0.29, 0.717) is 12.0 Å². The topological polar surface area (TPSA) is 145 Å². The predicted molar refractivity (Wildman–Crippen MR) is 115 cm³/mol. The van der Waals surface area contributed by atoms with Crippen LogP contribution in [0.1, 0.15) is 22.8 Å². The number of ether oxygens (including phenoxy) is 1.